The summed E-state index contributed by atoms with van der Waals surface area (Å²) in [5, 5.41) is 10.6. The van der Waals surface area contributed by atoms with E-state index in [9.17, 15) is 9.90 Å². The van der Waals surface area contributed by atoms with Gasteiger partial charge in [-0.2, -0.15) is 0 Å². The van der Waals surface area contributed by atoms with E-state index >= 15 is 0 Å². The first-order chi connectivity index (χ1) is 7.13. The lowest BCUT2D eigenvalue weighted by Crippen LogP contribution is -1.91. The van der Waals surface area contributed by atoms with E-state index in [0.717, 1.165) is 0 Å². The van der Waals surface area contributed by atoms with Crippen LogP contribution >= 0.6 is 11.8 Å². The van der Waals surface area contributed by atoms with Gasteiger partial charge in [-0.15, -0.1) is 0 Å². The predicted octanol–water partition coefficient (Wildman–Crippen LogP) is 3.06. The number of ketones is 1. The second-order valence-corrected chi connectivity index (χ2v) is 3.98. The molecule has 0 aliphatic carbocycles. The molecule has 0 bridgehead atoms. The number of carbonyl (C=O) groups is 1. The lowest BCUT2D eigenvalue weighted by Gasteiger charge is -1.94. The lowest BCUT2D eigenvalue weighted by atomic mass is 10.1. The van der Waals surface area contributed by atoms with Gasteiger partial charge in [0.2, 0.25) is 0 Å². The second-order valence-electron chi connectivity index (χ2n) is 3.21. The van der Waals surface area contributed by atoms with E-state index in [2.05, 4.69) is 0 Å². The largest absolute Gasteiger partial charge is 0.508 e. The summed E-state index contributed by atoms with van der Waals surface area (Å²) in [6, 6.07) is 4.76. The summed E-state index contributed by atoms with van der Waals surface area (Å²) >= 11 is 1.39. The van der Waals surface area contributed by atoms with Crippen molar-refractivity contribution in [1.82, 2.24) is 0 Å². The van der Waals surface area contributed by atoms with Gasteiger partial charge in [0.05, 0.1) is 5.56 Å². The molecule has 78 valence electrons. The molecule has 0 spiro atoms. The highest BCUT2D eigenvalue weighted by atomic mass is 32.2. The maximum Gasteiger partial charge on any atom is 0.172 e. The summed E-state index contributed by atoms with van der Waals surface area (Å²) in [4.78, 5) is 11.5. The van der Waals surface area contributed by atoms with Crippen LogP contribution in [0.25, 0.3) is 11.0 Å². The number of aromatic hydroxyl groups is 1. The zero-order chi connectivity index (χ0) is 11.0. The number of hydrogen-bond acceptors (Lipinski definition) is 4. The molecule has 15 heavy (non-hydrogen) atoms. The third-order valence-electron chi connectivity index (χ3n) is 2.18. The summed E-state index contributed by atoms with van der Waals surface area (Å²) < 4.78 is 5.50. The molecule has 0 fully saturated rings. The molecule has 0 unspecified atom stereocenters. The monoisotopic (exact) mass is 222 g/mol. The van der Waals surface area contributed by atoms with Crippen LogP contribution in [0.4, 0.5) is 0 Å². The summed E-state index contributed by atoms with van der Waals surface area (Å²) in [5.74, 6) is 0.0853. The summed E-state index contributed by atoms with van der Waals surface area (Å²) in [6.45, 7) is 1.49. The van der Waals surface area contributed by atoms with Crippen LogP contribution < -0.4 is 0 Å². The molecule has 0 saturated heterocycles. The Morgan fingerprint density at radius 1 is 1.47 bits per heavy atom. The zero-order valence-corrected chi connectivity index (χ0v) is 9.22. The predicted molar refractivity (Wildman–Crippen MR) is 59.7 cm³/mol. The Bertz CT molecular complexity index is 528. The third-order valence-corrected chi connectivity index (χ3v) is 2.83. The van der Waals surface area contributed by atoms with E-state index < -0.39 is 0 Å². The van der Waals surface area contributed by atoms with Crippen molar-refractivity contribution in [2.24, 2.45) is 0 Å². The molecule has 4 heteroatoms. The molecule has 1 heterocycles. The maximum atomic E-state index is 11.5. The van der Waals surface area contributed by atoms with Gasteiger partial charge < -0.3 is 9.52 Å². The minimum atomic E-state index is -0.0521. The van der Waals surface area contributed by atoms with Crippen molar-refractivity contribution in [3.63, 3.8) is 0 Å². The van der Waals surface area contributed by atoms with Crippen LogP contribution in [0.15, 0.2) is 27.7 Å². The first kappa shape index (κ1) is 10.1. The second kappa shape index (κ2) is 3.62. The van der Waals surface area contributed by atoms with Gasteiger partial charge in [-0.1, -0.05) is 11.8 Å². The number of benzene rings is 1. The smallest absolute Gasteiger partial charge is 0.172 e. The molecule has 0 atom stereocenters. The Balaban J connectivity index is 2.82. The molecule has 1 aromatic heterocycles. The molecule has 0 aliphatic rings. The fraction of sp³-hybridized carbons (Fsp3) is 0.182. The minimum Gasteiger partial charge on any atom is -0.508 e. The van der Waals surface area contributed by atoms with E-state index in [1.807, 2.05) is 6.26 Å². The van der Waals surface area contributed by atoms with Gasteiger partial charge >= 0.3 is 0 Å². The van der Waals surface area contributed by atoms with Crippen molar-refractivity contribution < 1.29 is 14.3 Å². The van der Waals surface area contributed by atoms with Crippen LogP contribution in [-0.2, 0) is 0 Å². The molecule has 0 saturated carbocycles. The van der Waals surface area contributed by atoms with Gasteiger partial charge in [0.15, 0.2) is 10.9 Å². The lowest BCUT2D eigenvalue weighted by molar-refractivity contribution is 0.101. The quantitative estimate of drug-likeness (QED) is 0.626. The Morgan fingerprint density at radius 2 is 2.20 bits per heavy atom. The van der Waals surface area contributed by atoms with Crippen LogP contribution in [0, 0.1) is 0 Å². The molecule has 1 aromatic carbocycles. The SMILES string of the molecule is CSc1oc2ccc(O)cc2c1C(C)=O. The van der Waals surface area contributed by atoms with Gasteiger partial charge in [-0.3, -0.25) is 4.79 Å². The maximum absolute atomic E-state index is 11.5. The number of carbonyl (C=O) groups excluding carboxylic acids is 1. The van der Waals surface area contributed by atoms with Crippen molar-refractivity contribution in [3.05, 3.63) is 23.8 Å². The van der Waals surface area contributed by atoms with E-state index in [-0.39, 0.29) is 11.5 Å². The molecule has 2 rings (SSSR count). The minimum absolute atomic E-state index is 0.0521. The molecular weight excluding hydrogens is 212 g/mol. The molecule has 2 aromatic rings. The fourth-order valence-corrected chi connectivity index (χ4v) is 2.17. The van der Waals surface area contributed by atoms with Crippen molar-refractivity contribution >= 4 is 28.5 Å². The van der Waals surface area contributed by atoms with E-state index in [1.54, 1.807) is 18.2 Å². The number of phenolic OH excluding ortho intramolecular Hbond substituents is 1. The Labute approximate surface area is 91.1 Å². The molecular formula is C11H10O3S. The Hall–Kier alpha value is -1.42. The summed E-state index contributed by atoms with van der Waals surface area (Å²) in [6.07, 6.45) is 1.85. The zero-order valence-electron chi connectivity index (χ0n) is 8.40. The molecule has 0 radical (unpaired) electrons. The molecule has 0 amide bonds. The van der Waals surface area contributed by atoms with Gasteiger partial charge in [0, 0.05) is 5.39 Å². The van der Waals surface area contributed by atoms with Gasteiger partial charge in [-0.25, -0.2) is 0 Å². The normalized spacial score (nSPS) is 10.8. The van der Waals surface area contributed by atoms with Crippen LogP contribution in [0.1, 0.15) is 17.3 Å². The standard InChI is InChI=1S/C11H10O3S/c1-6(12)10-8-5-7(13)3-4-9(8)14-11(10)15-2/h3-5,13H,1-2H3. The number of furan rings is 1. The Kier molecular flexibility index (Phi) is 2.44. The van der Waals surface area contributed by atoms with E-state index in [1.165, 1.54) is 18.7 Å². The van der Waals surface area contributed by atoms with E-state index in [4.69, 9.17) is 4.42 Å². The van der Waals surface area contributed by atoms with Crippen LogP contribution in [0.3, 0.4) is 0 Å². The highest BCUT2D eigenvalue weighted by Crippen LogP contribution is 2.33. The average Bonchev–Trinajstić information content (AvgIpc) is 2.55. The van der Waals surface area contributed by atoms with Crippen LogP contribution in [0.2, 0.25) is 0 Å². The number of fused-ring (bicyclic) bond motifs is 1. The first-order valence-corrected chi connectivity index (χ1v) is 5.66. The van der Waals surface area contributed by atoms with E-state index in [0.29, 0.717) is 21.6 Å². The van der Waals surface area contributed by atoms with Crippen molar-refractivity contribution in [3.8, 4) is 5.75 Å². The first-order valence-electron chi connectivity index (χ1n) is 4.44. The Morgan fingerprint density at radius 3 is 2.80 bits per heavy atom. The number of phenols is 1. The van der Waals surface area contributed by atoms with Crippen molar-refractivity contribution in [2.75, 3.05) is 6.26 Å². The third kappa shape index (κ3) is 1.61. The fourth-order valence-electron chi connectivity index (χ4n) is 1.54. The summed E-state index contributed by atoms with van der Waals surface area (Å²) in [7, 11) is 0. The number of rotatable bonds is 2. The number of hydrogen-bond donors (Lipinski definition) is 1. The van der Waals surface area contributed by atoms with Gasteiger partial charge in [0.25, 0.3) is 0 Å². The van der Waals surface area contributed by atoms with Crippen LogP contribution in [0.5, 0.6) is 5.75 Å². The van der Waals surface area contributed by atoms with Crippen LogP contribution in [-0.4, -0.2) is 17.1 Å². The molecule has 3 nitrogen and oxygen atoms in total. The van der Waals surface area contributed by atoms with Gasteiger partial charge in [-0.05, 0) is 31.4 Å². The highest BCUT2D eigenvalue weighted by molar-refractivity contribution is 7.98. The number of thioether (sulfide) groups is 1. The van der Waals surface area contributed by atoms with Crippen molar-refractivity contribution in [2.45, 2.75) is 12.0 Å². The topological polar surface area (TPSA) is 50.4 Å². The molecule has 1 N–H and O–H groups in total. The van der Waals surface area contributed by atoms with Gasteiger partial charge in [0.1, 0.15) is 11.3 Å². The average molecular weight is 222 g/mol. The molecule has 0 aliphatic heterocycles. The number of Topliss-reactive ketones (excluding diaryl/α,β-unsaturated/α-hetero) is 1. The summed E-state index contributed by atoms with van der Waals surface area (Å²) in [5.41, 5.74) is 1.18. The highest BCUT2D eigenvalue weighted by Gasteiger charge is 2.17. The van der Waals surface area contributed by atoms with Crippen molar-refractivity contribution in [1.29, 1.82) is 0 Å².